The van der Waals surface area contributed by atoms with Crippen LogP contribution in [0, 0.1) is 11.8 Å². The third kappa shape index (κ3) is 3.85. The van der Waals surface area contributed by atoms with Gasteiger partial charge in [0, 0.05) is 10.8 Å². The lowest BCUT2D eigenvalue weighted by Gasteiger charge is -2.20. The van der Waals surface area contributed by atoms with E-state index in [0.29, 0.717) is 5.58 Å². The fourth-order valence-electron chi connectivity index (χ4n) is 3.82. The fourth-order valence-corrected chi connectivity index (χ4v) is 3.82. The SMILES string of the molecule is O=C(O)[C@@H](Cc1ccccc1)[C@H](Cc1ccc2c(c1)oc1ccccc12)C(=O)O. The van der Waals surface area contributed by atoms with Crippen LogP contribution in [0.4, 0.5) is 0 Å². The Morgan fingerprint density at radius 2 is 1.28 bits per heavy atom. The lowest BCUT2D eigenvalue weighted by Crippen LogP contribution is -2.33. The van der Waals surface area contributed by atoms with Crippen LogP contribution in [0.1, 0.15) is 11.1 Å². The maximum atomic E-state index is 12.0. The Balaban J connectivity index is 1.65. The molecule has 0 spiro atoms. The zero-order valence-corrected chi connectivity index (χ0v) is 15.6. The molecule has 0 saturated heterocycles. The van der Waals surface area contributed by atoms with Crippen molar-refractivity contribution in [3.63, 3.8) is 0 Å². The van der Waals surface area contributed by atoms with Gasteiger partial charge in [-0.25, -0.2) is 0 Å². The summed E-state index contributed by atoms with van der Waals surface area (Å²) in [5.41, 5.74) is 2.98. The van der Waals surface area contributed by atoms with Gasteiger partial charge in [-0.15, -0.1) is 0 Å². The second-order valence-electron chi connectivity index (χ2n) is 7.21. The summed E-state index contributed by atoms with van der Waals surface area (Å²) >= 11 is 0. The molecule has 0 aliphatic carbocycles. The summed E-state index contributed by atoms with van der Waals surface area (Å²) in [5, 5.41) is 21.4. The van der Waals surface area contributed by atoms with Gasteiger partial charge < -0.3 is 14.6 Å². The molecule has 0 aliphatic rings. The topological polar surface area (TPSA) is 87.7 Å². The summed E-state index contributed by atoms with van der Waals surface area (Å²) in [4.78, 5) is 23.8. The number of carboxylic acid groups (broad SMARTS) is 2. The second kappa shape index (κ2) is 7.80. The molecular weight excluding hydrogens is 368 g/mol. The van der Waals surface area contributed by atoms with E-state index in [1.165, 1.54) is 0 Å². The quantitative estimate of drug-likeness (QED) is 0.476. The maximum Gasteiger partial charge on any atom is 0.307 e. The minimum absolute atomic E-state index is 0.117. The first-order valence-electron chi connectivity index (χ1n) is 9.42. The normalized spacial score (nSPS) is 13.4. The van der Waals surface area contributed by atoms with Gasteiger partial charge >= 0.3 is 11.9 Å². The van der Waals surface area contributed by atoms with E-state index in [-0.39, 0.29) is 12.8 Å². The van der Waals surface area contributed by atoms with E-state index in [2.05, 4.69) is 0 Å². The Morgan fingerprint density at radius 1 is 0.690 bits per heavy atom. The number of hydrogen-bond donors (Lipinski definition) is 2. The fraction of sp³-hybridized carbons (Fsp3) is 0.167. The molecule has 5 heteroatoms. The Hall–Kier alpha value is -3.60. The summed E-state index contributed by atoms with van der Waals surface area (Å²) in [6, 6.07) is 22.4. The van der Waals surface area contributed by atoms with Crippen molar-refractivity contribution in [3.8, 4) is 0 Å². The molecule has 0 unspecified atom stereocenters. The molecule has 2 N–H and O–H groups in total. The summed E-state index contributed by atoms with van der Waals surface area (Å²) in [5.74, 6) is -4.29. The molecule has 0 amide bonds. The standard InChI is InChI=1S/C24H20O5/c25-23(26)19(12-15-6-2-1-3-7-15)20(24(27)28)13-16-10-11-18-17-8-4-5-9-21(17)29-22(18)14-16/h1-11,14,19-20H,12-13H2,(H,25,26)(H,27,28)/t19-,20-/m0/s1. The first-order valence-corrected chi connectivity index (χ1v) is 9.42. The van der Waals surface area contributed by atoms with Crippen molar-refractivity contribution >= 4 is 33.9 Å². The zero-order valence-electron chi connectivity index (χ0n) is 15.6. The van der Waals surface area contributed by atoms with Crippen LogP contribution in [-0.4, -0.2) is 22.2 Å². The Bertz CT molecular complexity index is 1180. The first kappa shape index (κ1) is 18.7. The van der Waals surface area contributed by atoms with Gasteiger partial charge in [-0.3, -0.25) is 9.59 Å². The minimum atomic E-state index is -1.11. The van der Waals surface area contributed by atoms with E-state index in [4.69, 9.17) is 4.42 Å². The van der Waals surface area contributed by atoms with Crippen LogP contribution in [0.25, 0.3) is 21.9 Å². The average Bonchev–Trinajstić information content (AvgIpc) is 3.08. The van der Waals surface area contributed by atoms with Crippen LogP contribution in [-0.2, 0) is 22.4 Å². The van der Waals surface area contributed by atoms with Gasteiger partial charge in [-0.2, -0.15) is 0 Å². The van der Waals surface area contributed by atoms with Crippen molar-refractivity contribution in [2.24, 2.45) is 11.8 Å². The number of benzene rings is 3. The highest BCUT2D eigenvalue weighted by Gasteiger charge is 2.34. The molecule has 0 saturated carbocycles. The third-order valence-electron chi connectivity index (χ3n) is 5.32. The van der Waals surface area contributed by atoms with Gasteiger partial charge in [0.1, 0.15) is 11.2 Å². The Morgan fingerprint density at radius 3 is 1.97 bits per heavy atom. The number of aliphatic carboxylic acids is 2. The van der Waals surface area contributed by atoms with Gasteiger partial charge in [-0.05, 0) is 36.1 Å². The van der Waals surface area contributed by atoms with Gasteiger partial charge in [0.05, 0.1) is 11.8 Å². The van der Waals surface area contributed by atoms with E-state index in [0.717, 1.165) is 27.5 Å². The van der Waals surface area contributed by atoms with Crippen molar-refractivity contribution in [1.82, 2.24) is 0 Å². The number of rotatable bonds is 7. The molecule has 5 nitrogen and oxygen atoms in total. The van der Waals surface area contributed by atoms with Crippen molar-refractivity contribution in [2.45, 2.75) is 12.8 Å². The van der Waals surface area contributed by atoms with Gasteiger partial charge in [-0.1, -0.05) is 60.7 Å². The van der Waals surface area contributed by atoms with Gasteiger partial charge in [0.25, 0.3) is 0 Å². The molecule has 3 aromatic carbocycles. The summed E-state index contributed by atoms with van der Waals surface area (Å²) < 4.78 is 5.87. The van der Waals surface area contributed by atoms with Crippen LogP contribution >= 0.6 is 0 Å². The zero-order chi connectivity index (χ0) is 20.4. The van der Waals surface area contributed by atoms with Crippen LogP contribution in [0.15, 0.2) is 77.2 Å². The van der Waals surface area contributed by atoms with E-state index < -0.39 is 23.8 Å². The highest BCUT2D eigenvalue weighted by atomic mass is 16.4. The second-order valence-corrected chi connectivity index (χ2v) is 7.21. The van der Waals surface area contributed by atoms with E-state index in [1.54, 1.807) is 0 Å². The Kier molecular flexibility index (Phi) is 5.04. The number of hydrogen-bond acceptors (Lipinski definition) is 3. The Labute approximate surface area is 167 Å². The average molecular weight is 388 g/mol. The predicted molar refractivity (Wildman–Crippen MR) is 110 cm³/mol. The highest BCUT2D eigenvalue weighted by Crippen LogP contribution is 2.31. The van der Waals surface area contributed by atoms with E-state index in [9.17, 15) is 19.8 Å². The van der Waals surface area contributed by atoms with Gasteiger partial charge in [0.15, 0.2) is 0 Å². The van der Waals surface area contributed by atoms with E-state index in [1.807, 2.05) is 72.8 Å². The molecule has 1 aromatic heterocycles. The van der Waals surface area contributed by atoms with Crippen molar-refractivity contribution in [3.05, 3.63) is 83.9 Å². The number of furan rings is 1. The molecule has 1 heterocycles. The molecule has 0 aliphatic heterocycles. The minimum Gasteiger partial charge on any atom is -0.481 e. The number of para-hydroxylation sites is 1. The molecule has 0 fully saturated rings. The van der Waals surface area contributed by atoms with Crippen LogP contribution in [0.5, 0.6) is 0 Å². The molecule has 0 bridgehead atoms. The van der Waals surface area contributed by atoms with Crippen LogP contribution < -0.4 is 0 Å². The third-order valence-corrected chi connectivity index (χ3v) is 5.32. The van der Waals surface area contributed by atoms with Crippen LogP contribution in [0.2, 0.25) is 0 Å². The molecule has 146 valence electrons. The lowest BCUT2D eigenvalue weighted by atomic mass is 9.82. The summed E-state index contributed by atoms with van der Waals surface area (Å²) in [6.45, 7) is 0. The van der Waals surface area contributed by atoms with Crippen molar-refractivity contribution in [2.75, 3.05) is 0 Å². The monoisotopic (exact) mass is 388 g/mol. The highest BCUT2D eigenvalue weighted by molar-refractivity contribution is 6.04. The molecule has 2 atom stereocenters. The summed E-state index contributed by atoms with van der Waals surface area (Å²) in [6.07, 6.45) is 0.284. The molecule has 0 radical (unpaired) electrons. The summed E-state index contributed by atoms with van der Waals surface area (Å²) in [7, 11) is 0. The maximum absolute atomic E-state index is 12.0. The molecule has 4 aromatic rings. The largest absolute Gasteiger partial charge is 0.481 e. The number of carbonyl (C=O) groups is 2. The smallest absolute Gasteiger partial charge is 0.307 e. The van der Waals surface area contributed by atoms with E-state index >= 15 is 0 Å². The predicted octanol–water partition coefficient (Wildman–Crippen LogP) is 4.77. The lowest BCUT2D eigenvalue weighted by molar-refractivity contribution is -0.153. The molecular formula is C24H20O5. The molecule has 29 heavy (non-hydrogen) atoms. The first-order chi connectivity index (χ1) is 14.0. The van der Waals surface area contributed by atoms with Crippen LogP contribution in [0.3, 0.4) is 0 Å². The number of carboxylic acids is 2. The number of fused-ring (bicyclic) bond motifs is 3. The van der Waals surface area contributed by atoms with Crippen molar-refractivity contribution < 1.29 is 24.2 Å². The molecule has 4 rings (SSSR count). The van der Waals surface area contributed by atoms with Crippen molar-refractivity contribution in [1.29, 1.82) is 0 Å². The van der Waals surface area contributed by atoms with Gasteiger partial charge in [0.2, 0.25) is 0 Å².